The summed E-state index contributed by atoms with van der Waals surface area (Å²) < 4.78 is 6.18. The Kier molecular flexibility index (Phi) is 7.47. The van der Waals surface area contributed by atoms with Crippen LogP contribution in [0, 0.1) is 0 Å². The van der Waals surface area contributed by atoms with Gasteiger partial charge < -0.3 is 10.1 Å². The SMILES string of the molecule is CCOC(=O)c1c(-c2ccc(Br)cc2)csc1NC(=O)CCc1cccc(Cl)c1. The van der Waals surface area contributed by atoms with E-state index >= 15 is 0 Å². The molecule has 1 N–H and O–H groups in total. The summed E-state index contributed by atoms with van der Waals surface area (Å²) in [4.78, 5) is 25.1. The van der Waals surface area contributed by atoms with Crippen LogP contribution in [0.4, 0.5) is 5.00 Å². The van der Waals surface area contributed by atoms with Gasteiger partial charge in [-0.3, -0.25) is 4.79 Å². The lowest BCUT2D eigenvalue weighted by atomic mass is 10.0. The van der Waals surface area contributed by atoms with E-state index in [2.05, 4.69) is 21.2 Å². The van der Waals surface area contributed by atoms with Gasteiger partial charge in [-0.25, -0.2) is 4.79 Å². The minimum atomic E-state index is -0.447. The second-order valence-corrected chi connectivity index (χ2v) is 8.49. The average molecular weight is 493 g/mol. The number of nitrogens with one attached hydrogen (secondary N) is 1. The molecule has 0 bridgehead atoms. The average Bonchev–Trinajstić information content (AvgIpc) is 3.11. The van der Waals surface area contributed by atoms with Gasteiger partial charge in [-0.05, 0) is 48.7 Å². The van der Waals surface area contributed by atoms with Crippen LogP contribution in [-0.4, -0.2) is 18.5 Å². The highest BCUT2D eigenvalue weighted by atomic mass is 79.9. The maximum Gasteiger partial charge on any atom is 0.341 e. The van der Waals surface area contributed by atoms with Crippen molar-refractivity contribution >= 4 is 55.7 Å². The zero-order valence-electron chi connectivity index (χ0n) is 15.7. The summed E-state index contributed by atoms with van der Waals surface area (Å²) in [7, 11) is 0. The van der Waals surface area contributed by atoms with Gasteiger partial charge in [-0.15, -0.1) is 11.3 Å². The first-order chi connectivity index (χ1) is 14.0. The molecule has 0 unspecified atom stereocenters. The normalized spacial score (nSPS) is 10.6. The third kappa shape index (κ3) is 5.69. The van der Waals surface area contributed by atoms with E-state index in [0.717, 1.165) is 21.2 Å². The molecule has 29 heavy (non-hydrogen) atoms. The van der Waals surface area contributed by atoms with E-state index in [-0.39, 0.29) is 18.9 Å². The summed E-state index contributed by atoms with van der Waals surface area (Å²) in [6.07, 6.45) is 0.847. The lowest BCUT2D eigenvalue weighted by Crippen LogP contribution is -2.15. The molecule has 1 heterocycles. The van der Waals surface area contributed by atoms with Crippen LogP contribution < -0.4 is 5.32 Å². The molecule has 0 saturated heterocycles. The fourth-order valence-corrected chi connectivity index (χ4v) is 4.29. The Balaban J connectivity index is 1.79. The molecular formula is C22H19BrClNO3S. The fraction of sp³-hybridized carbons (Fsp3) is 0.182. The van der Waals surface area contributed by atoms with Crippen molar-refractivity contribution in [3.63, 3.8) is 0 Å². The number of halogens is 2. The summed E-state index contributed by atoms with van der Waals surface area (Å²) in [5, 5.41) is 5.88. The minimum Gasteiger partial charge on any atom is -0.462 e. The predicted octanol–water partition coefficient (Wildman–Crippen LogP) is 6.58. The predicted molar refractivity (Wildman–Crippen MR) is 122 cm³/mol. The number of thiophene rings is 1. The molecule has 0 radical (unpaired) electrons. The van der Waals surface area contributed by atoms with Crippen LogP contribution in [0.5, 0.6) is 0 Å². The maximum atomic E-state index is 12.6. The molecule has 2 aromatic carbocycles. The van der Waals surface area contributed by atoms with Crippen molar-refractivity contribution in [2.45, 2.75) is 19.8 Å². The Hall–Kier alpha value is -2.15. The summed E-state index contributed by atoms with van der Waals surface area (Å²) in [6, 6.07) is 15.1. The zero-order valence-corrected chi connectivity index (χ0v) is 18.9. The quantitative estimate of drug-likeness (QED) is 0.379. The number of benzene rings is 2. The third-order valence-corrected chi connectivity index (χ3v) is 5.87. The summed E-state index contributed by atoms with van der Waals surface area (Å²) in [5.74, 6) is -0.614. The molecule has 0 atom stereocenters. The number of esters is 1. The van der Waals surface area contributed by atoms with Crippen molar-refractivity contribution in [2.24, 2.45) is 0 Å². The third-order valence-electron chi connectivity index (χ3n) is 4.21. The number of ether oxygens (including phenoxy) is 1. The maximum absolute atomic E-state index is 12.6. The molecule has 1 aromatic heterocycles. The van der Waals surface area contributed by atoms with Crippen LogP contribution in [0.2, 0.25) is 5.02 Å². The van der Waals surface area contributed by atoms with E-state index < -0.39 is 5.97 Å². The van der Waals surface area contributed by atoms with Crippen molar-refractivity contribution < 1.29 is 14.3 Å². The van der Waals surface area contributed by atoms with Gasteiger partial charge in [0.2, 0.25) is 5.91 Å². The number of carbonyl (C=O) groups is 2. The number of aryl methyl sites for hydroxylation is 1. The Bertz CT molecular complexity index is 1020. The van der Waals surface area contributed by atoms with E-state index in [1.807, 2.05) is 47.8 Å². The van der Waals surface area contributed by atoms with Crippen molar-refractivity contribution in [3.8, 4) is 11.1 Å². The molecule has 7 heteroatoms. The highest BCUT2D eigenvalue weighted by molar-refractivity contribution is 9.10. The molecule has 0 aliphatic rings. The largest absolute Gasteiger partial charge is 0.462 e. The Morgan fingerprint density at radius 1 is 1.17 bits per heavy atom. The van der Waals surface area contributed by atoms with Crippen molar-refractivity contribution in [3.05, 3.63) is 74.5 Å². The topological polar surface area (TPSA) is 55.4 Å². The number of anilines is 1. The zero-order chi connectivity index (χ0) is 20.8. The van der Waals surface area contributed by atoms with Crippen LogP contribution in [0.1, 0.15) is 29.3 Å². The molecular weight excluding hydrogens is 474 g/mol. The smallest absolute Gasteiger partial charge is 0.341 e. The molecule has 0 aliphatic carbocycles. The molecule has 3 rings (SSSR count). The molecule has 150 valence electrons. The lowest BCUT2D eigenvalue weighted by molar-refractivity contribution is -0.116. The monoisotopic (exact) mass is 491 g/mol. The first-order valence-electron chi connectivity index (χ1n) is 9.06. The van der Waals surface area contributed by atoms with Gasteiger partial charge in [0.15, 0.2) is 0 Å². The summed E-state index contributed by atoms with van der Waals surface area (Å²) >= 11 is 10.7. The van der Waals surface area contributed by atoms with E-state index in [1.54, 1.807) is 13.0 Å². The van der Waals surface area contributed by atoms with E-state index in [9.17, 15) is 9.59 Å². The number of hydrogen-bond donors (Lipinski definition) is 1. The van der Waals surface area contributed by atoms with Gasteiger partial charge >= 0.3 is 5.97 Å². The molecule has 0 fully saturated rings. The van der Waals surface area contributed by atoms with Gasteiger partial charge in [0.1, 0.15) is 10.6 Å². The number of carbonyl (C=O) groups excluding carboxylic acids is 2. The van der Waals surface area contributed by atoms with Crippen LogP contribution in [-0.2, 0) is 16.0 Å². The molecule has 0 saturated carbocycles. The Morgan fingerprint density at radius 3 is 2.62 bits per heavy atom. The van der Waals surface area contributed by atoms with E-state index in [0.29, 0.717) is 22.0 Å². The van der Waals surface area contributed by atoms with Gasteiger partial charge in [0.05, 0.1) is 6.61 Å². The van der Waals surface area contributed by atoms with Crippen molar-refractivity contribution in [1.82, 2.24) is 0 Å². The van der Waals surface area contributed by atoms with Crippen LogP contribution in [0.25, 0.3) is 11.1 Å². The van der Waals surface area contributed by atoms with Crippen molar-refractivity contribution in [1.29, 1.82) is 0 Å². The fourth-order valence-electron chi connectivity index (χ4n) is 2.84. The van der Waals surface area contributed by atoms with Gasteiger partial charge in [0, 0.05) is 26.9 Å². The van der Waals surface area contributed by atoms with Crippen molar-refractivity contribution in [2.75, 3.05) is 11.9 Å². The first-order valence-corrected chi connectivity index (χ1v) is 11.1. The molecule has 1 amide bonds. The van der Waals surface area contributed by atoms with E-state index in [4.69, 9.17) is 16.3 Å². The molecule has 3 aromatic rings. The second-order valence-electron chi connectivity index (χ2n) is 6.26. The van der Waals surface area contributed by atoms with E-state index in [1.165, 1.54) is 11.3 Å². The second kappa shape index (κ2) is 10.1. The standard InChI is InChI=1S/C22H19BrClNO3S/c1-2-28-22(27)20-18(15-7-9-16(23)10-8-15)13-29-21(20)25-19(26)11-6-14-4-3-5-17(24)12-14/h3-5,7-10,12-13H,2,6,11H2,1H3,(H,25,26). The highest BCUT2D eigenvalue weighted by Crippen LogP contribution is 2.36. The van der Waals surface area contributed by atoms with Crippen LogP contribution >= 0.6 is 38.9 Å². The summed E-state index contributed by atoms with van der Waals surface area (Å²) in [5.41, 5.74) is 2.99. The van der Waals surface area contributed by atoms with Crippen LogP contribution in [0.3, 0.4) is 0 Å². The molecule has 0 aliphatic heterocycles. The number of amides is 1. The number of hydrogen-bond acceptors (Lipinski definition) is 4. The van der Waals surface area contributed by atoms with Gasteiger partial charge in [-0.2, -0.15) is 0 Å². The Morgan fingerprint density at radius 2 is 1.93 bits per heavy atom. The molecule has 4 nitrogen and oxygen atoms in total. The Labute approximate surface area is 187 Å². The van der Waals surface area contributed by atoms with Crippen LogP contribution in [0.15, 0.2) is 58.4 Å². The van der Waals surface area contributed by atoms with Gasteiger partial charge in [0.25, 0.3) is 0 Å². The molecule has 0 spiro atoms. The highest BCUT2D eigenvalue weighted by Gasteiger charge is 2.22. The first kappa shape index (κ1) is 21.6. The lowest BCUT2D eigenvalue weighted by Gasteiger charge is -2.09. The minimum absolute atomic E-state index is 0.167. The van der Waals surface area contributed by atoms with Gasteiger partial charge in [-0.1, -0.05) is 51.8 Å². The number of rotatable bonds is 7. The summed E-state index contributed by atoms with van der Waals surface area (Å²) in [6.45, 7) is 2.02.